The van der Waals surface area contributed by atoms with Crippen LogP contribution >= 0.6 is 0 Å². The van der Waals surface area contributed by atoms with E-state index >= 15 is 0 Å². The highest BCUT2D eigenvalue weighted by molar-refractivity contribution is 5.33. The predicted molar refractivity (Wildman–Crippen MR) is 91.1 cm³/mol. The molecule has 0 aliphatic carbocycles. The first-order valence-corrected chi connectivity index (χ1v) is 7.81. The van der Waals surface area contributed by atoms with Gasteiger partial charge >= 0.3 is 5.69 Å². The molecule has 2 rings (SSSR count). The van der Waals surface area contributed by atoms with Crippen molar-refractivity contribution < 1.29 is 4.74 Å². The quantitative estimate of drug-likeness (QED) is 0.689. The standard InChI is InChI=1S/C17H23N3O3/c1-23-12-11-20-15(13-16(21)19-17(20)22)18-10-6-5-9-14-7-3-2-4-8-14/h2-4,7-8,13,18H,5-6,9-12H2,1H3,(H,19,21,22). The number of hydrogen-bond acceptors (Lipinski definition) is 4. The van der Waals surface area contributed by atoms with Crippen molar-refractivity contribution in [3.05, 3.63) is 62.8 Å². The fourth-order valence-corrected chi connectivity index (χ4v) is 2.39. The lowest BCUT2D eigenvalue weighted by molar-refractivity contribution is 0.186. The zero-order valence-corrected chi connectivity index (χ0v) is 13.4. The summed E-state index contributed by atoms with van der Waals surface area (Å²) < 4.78 is 6.49. The molecule has 0 atom stereocenters. The third-order valence-electron chi connectivity index (χ3n) is 3.59. The van der Waals surface area contributed by atoms with Crippen LogP contribution in [0.15, 0.2) is 46.0 Å². The molecule has 0 unspecified atom stereocenters. The van der Waals surface area contributed by atoms with E-state index in [2.05, 4.69) is 22.4 Å². The summed E-state index contributed by atoms with van der Waals surface area (Å²) >= 11 is 0. The number of methoxy groups -OCH3 is 1. The van der Waals surface area contributed by atoms with Gasteiger partial charge in [0.2, 0.25) is 0 Å². The number of hydrogen-bond donors (Lipinski definition) is 2. The highest BCUT2D eigenvalue weighted by Gasteiger charge is 2.05. The Labute approximate surface area is 135 Å². The molecule has 0 saturated carbocycles. The molecule has 6 nitrogen and oxygen atoms in total. The van der Waals surface area contributed by atoms with E-state index in [1.165, 1.54) is 16.2 Å². The summed E-state index contributed by atoms with van der Waals surface area (Å²) in [6.45, 7) is 1.52. The lowest BCUT2D eigenvalue weighted by atomic mass is 10.1. The van der Waals surface area contributed by atoms with Gasteiger partial charge in [-0.05, 0) is 24.8 Å². The molecule has 1 heterocycles. The van der Waals surface area contributed by atoms with Gasteiger partial charge in [-0.25, -0.2) is 4.79 Å². The summed E-state index contributed by atoms with van der Waals surface area (Å²) in [5.41, 5.74) is 0.512. The number of ether oxygens (including phenoxy) is 1. The summed E-state index contributed by atoms with van der Waals surface area (Å²) in [6.07, 6.45) is 3.02. The normalized spacial score (nSPS) is 10.7. The summed E-state index contributed by atoms with van der Waals surface area (Å²) in [5, 5.41) is 3.18. The number of anilines is 1. The first-order valence-electron chi connectivity index (χ1n) is 7.81. The van der Waals surface area contributed by atoms with E-state index < -0.39 is 11.2 Å². The Balaban J connectivity index is 1.87. The Kier molecular flexibility index (Phi) is 6.62. The SMILES string of the molecule is COCCn1c(NCCCCc2ccccc2)cc(=O)[nH]c1=O. The molecular weight excluding hydrogens is 294 g/mol. The zero-order valence-electron chi connectivity index (χ0n) is 13.4. The van der Waals surface area contributed by atoms with Crippen molar-refractivity contribution in [3.63, 3.8) is 0 Å². The Bertz CT molecular complexity index is 707. The second-order valence-electron chi connectivity index (χ2n) is 5.34. The van der Waals surface area contributed by atoms with Crippen molar-refractivity contribution in [3.8, 4) is 0 Å². The lowest BCUT2D eigenvalue weighted by Crippen LogP contribution is -2.32. The lowest BCUT2D eigenvalue weighted by Gasteiger charge is -2.13. The van der Waals surface area contributed by atoms with Gasteiger partial charge < -0.3 is 10.1 Å². The number of aromatic nitrogens is 2. The second kappa shape index (κ2) is 8.95. The van der Waals surface area contributed by atoms with Gasteiger partial charge in [0.05, 0.1) is 13.2 Å². The maximum absolute atomic E-state index is 11.9. The number of unbranched alkanes of at least 4 members (excludes halogenated alkanes) is 1. The van der Waals surface area contributed by atoms with Crippen molar-refractivity contribution >= 4 is 5.82 Å². The van der Waals surface area contributed by atoms with E-state index in [9.17, 15) is 9.59 Å². The van der Waals surface area contributed by atoms with Crippen LogP contribution in [0.25, 0.3) is 0 Å². The number of nitrogens with zero attached hydrogens (tertiary/aromatic N) is 1. The molecule has 0 aliphatic rings. The van der Waals surface area contributed by atoms with Crippen LogP contribution in [0.1, 0.15) is 18.4 Å². The Morgan fingerprint density at radius 1 is 1.17 bits per heavy atom. The molecule has 1 aromatic carbocycles. The van der Waals surface area contributed by atoms with Crippen molar-refractivity contribution in [2.75, 3.05) is 25.6 Å². The summed E-state index contributed by atoms with van der Waals surface area (Å²) in [7, 11) is 1.58. The van der Waals surface area contributed by atoms with Crippen molar-refractivity contribution in [1.29, 1.82) is 0 Å². The average Bonchev–Trinajstić information content (AvgIpc) is 2.54. The van der Waals surface area contributed by atoms with Crippen LogP contribution in [0, 0.1) is 0 Å². The van der Waals surface area contributed by atoms with E-state index in [-0.39, 0.29) is 0 Å². The highest BCUT2D eigenvalue weighted by atomic mass is 16.5. The molecule has 0 bridgehead atoms. The molecule has 2 aromatic rings. The average molecular weight is 317 g/mol. The molecule has 0 spiro atoms. The summed E-state index contributed by atoms with van der Waals surface area (Å²) in [5.74, 6) is 0.538. The predicted octanol–water partition coefficient (Wildman–Crippen LogP) is 1.62. The van der Waals surface area contributed by atoms with E-state index in [1.54, 1.807) is 7.11 Å². The van der Waals surface area contributed by atoms with Crippen LogP contribution in [0.4, 0.5) is 5.82 Å². The van der Waals surface area contributed by atoms with Gasteiger partial charge in [0.15, 0.2) is 0 Å². The number of rotatable bonds is 9. The third-order valence-corrected chi connectivity index (χ3v) is 3.59. The van der Waals surface area contributed by atoms with Crippen LogP contribution in [-0.4, -0.2) is 29.8 Å². The highest BCUT2D eigenvalue weighted by Crippen LogP contribution is 2.06. The van der Waals surface area contributed by atoms with Gasteiger partial charge in [0.25, 0.3) is 5.56 Å². The minimum Gasteiger partial charge on any atom is -0.383 e. The molecule has 0 saturated heterocycles. The number of aryl methyl sites for hydroxylation is 1. The summed E-state index contributed by atoms with van der Waals surface area (Å²) in [6, 6.07) is 11.7. The fourth-order valence-electron chi connectivity index (χ4n) is 2.39. The van der Waals surface area contributed by atoms with Crippen LogP contribution in [0.5, 0.6) is 0 Å². The van der Waals surface area contributed by atoms with Gasteiger partial charge in [-0.15, -0.1) is 0 Å². The van der Waals surface area contributed by atoms with Crippen molar-refractivity contribution in [1.82, 2.24) is 9.55 Å². The molecular formula is C17H23N3O3. The molecule has 2 N–H and O–H groups in total. The molecule has 0 amide bonds. The maximum atomic E-state index is 11.9. The monoisotopic (exact) mass is 317 g/mol. The molecule has 1 aromatic heterocycles. The van der Waals surface area contributed by atoms with Gasteiger partial charge in [0.1, 0.15) is 5.82 Å². The van der Waals surface area contributed by atoms with Crippen LogP contribution < -0.4 is 16.6 Å². The van der Waals surface area contributed by atoms with Gasteiger partial charge in [0, 0.05) is 19.7 Å². The molecule has 6 heteroatoms. The topological polar surface area (TPSA) is 76.1 Å². The van der Waals surface area contributed by atoms with Gasteiger partial charge in [-0.2, -0.15) is 0 Å². The molecule has 0 aliphatic heterocycles. The van der Waals surface area contributed by atoms with Gasteiger partial charge in [-0.1, -0.05) is 30.3 Å². The number of nitrogens with one attached hydrogen (secondary N) is 2. The van der Waals surface area contributed by atoms with Crippen molar-refractivity contribution in [2.24, 2.45) is 0 Å². The van der Waals surface area contributed by atoms with Gasteiger partial charge in [-0.3, -0.25) is 14.3 Å². The molecule has 0 radical (unpaired) electrons. The number of H-pyrrole nitrogens is 1. The first-order chi connectivity index (χ1) is 11.2. The smallest absolute Gasteiger partial charge is 0.329 e. The Morgan fingerprint density at radius 3 is 2.70 bits per heavy atom. The van der Waals surface area contributed by atoms with E-state index in [1.807, 2.05) is 18.2 Å². The minimum atomic E-state index is -0.415. The molecule has 0 fully saturated rings. The largest absolute Gasteiger partial charge is 0.383 e. The zero-order chi connectivity index (χ0) is 16.5. The Hall–Kier alpha value is -2.34. The van der Waals surface area contributed by atoms with E-state index in [0.29, 0.717) is 25.5 Å². The Morgan fingerprint density at radius 2 is 1.96 bits per heavy atom. The first kappa shape index (κ1) is 17.0. The third kappa shape index (κ3) is 5.41. The maximum Gasteiger partial charge on any atom is 0.329 e. The van der Waals surface area contributed by atoms with Crippen molar-refractivity contribution in [2.45, 2.75) is 25.8 Å². The molecule has 124 valence electrons. The van der Waals surface area contributed by atoms with E-state index in [4.69, 9.17) is 4.74 Å². The number of benzene rings is 1. The van der Waals surface area contributed by atoms with Crippen LogP contribution in [-0.2, 0) is 17.7 Å². The number of aromatic amines is 1. The fraction of sp³-hybridized carbons (Fsp3) is 0.412. The second-order valence-corrected chi connectivity index (χ2v) is 5.34. The molecule has 23 heavy (non-hydrogen) atoms. The van der Waals surface area contributed by atoms with Crippen LogP contribution in [0.3, 0.4) is 0 Å². The van der Waals surface area contributed by atoms with Crippen LogP contribution in [0.2, 0.25) is 0 Å². The summed E-state index contributed by atoms with van der Waals surface area (Å²) in [4.78, 5) is 25.6. The van der Waals surface area contributed by atoms with E-state index in [0.717, 1.165) is 19.3 Å². The minimum absolute atomic E-state index is 0.393.